The molecule has 0 aliphatic heterocycles. The van der Waals surface area contributed by atoms with Gasteiger partial charge < -0.3 is 5.73 Å². The molecule has 2 N–H and O–H groups in total. The van der Waals surface area contributed by atoms with Gasteiger partial charge in [0.15, 0.2) is 0 Å². The van der Waals surface area contributed by atoms with Crippen molar-refractivity contribution in [3.8, 4) is 11.3 Å². The summed E-state index contributed by atoms with van der Waals surface area (Å²) in [6.07, 6.45) is 0. The first kappa shape index (κ1) is 10.5. The molecular weight excluding hydrogens is 224 g/mol. The molecule has 82 valence electrons. The standard InChI is InChI=1S/C9H10N6S/c10-9-5-8(7-1-4-16-6-7)13-15(9)3-2-12-14-11/h1,4-6H,2-3,10H2. The van der Waals surface area contributed by atoms with Gasteiger partial charge in [-0.2, -0.15) is 16.4 Å². The van der Waals surface area contributed by atoms with Crippen molar-refractivity contribution in [2.24, 2.45) is 5.11 Å². The van der Waals surface area contributed by atoms with Crippen molar-refractivity contribution < 1.29 is 0 Å². The molecule has 0 atom stereocenters. The number of nitrogens with zero attached hydrogens (tertiary/aromatic N) is 5. The number of anilines is 1. The van der Waals surface area contributed by atoms with Gasteiger partial charge in [-0.3, -0.25) is 0 Å². The maximum atomic E-state index is 8.17. The van der Waals surface area contributed by atoms with Crippen LogP contribution in [0.25, 0.3) is 21.7 Å². The normalized spacial score (nSPS) is 10.0. The van der Waals surface area contributed by atoms with Crippen LogP contribution in [0, 0.1) is 0 Å². The van der Waals surface area contributed by atoms with E-state index in [0.29, 0.717) is 18.9 Å². The lowest BCUT2D eigenvalue weighted by atomic mass is 10.2. The topological polar surface area (TPSA) is 92.6 Å². The molecule has 0 spiro atoms. The SMILES string of the molecule is [N-]=[N+]=NCCn1nc(-c2ccsc2)cc1N. The lowest BCUT2D eigenvalue weighted by Gasteiger charge is -1.99. The molecule has 0 saturated carbocycles. The maximum absolute atomic E-state index is 8.17. The van der Waals surface area contributed by atoms with Crippen molar-refractivity contribution in [2.45, 2.75) is 6.54 Å². The average molecular weight is 234 g/mol. The van der Waals surface area contributed by atoms with Crippen LogP contribution in [-0.4, -0.2) is 16.3 Å². The Balaban J connectivity index is 2.18. The summed E-state index contributed by atoms with van der Waals surface area (Å²) in [5, 5.41) is 11.8. The molecule has 0 aliphatic rings. The average Bonchev–Trinajstić information content (AvgIpc) is 2.88. The van der Waals surface area contributed by atoms with Crippen molar-refractivity contribution in [1.29, 1.82) is 0 Å². The summed E-state index contributed by atoms with van der Waals surface area (Å²) >= 11 is 1.61. The van der Waals surface area contributed by atoms with E-state index >= 15 is 0 Å². The summed E-state index contributed by atoms with van der Waals surface area (Å²) in [4.78, 5) is 2.68. The molecule has 7 heteroatoms. The highest BCUT2D eigenvalue weighted by molar-refractivity contribution is 7.08. The van der Waals surface area contributed by atoms with Gasteiger partial charge in [0, 0.05) is 35.0 Å². The van der Waals surface area contributed by atoms with Gasteiger partial charge in [0.05, 0.1) is 5.69 Å². The van der Waals surface area contributed by atoms with E-state index in [0.717, 1.165) is 11.3 Å². The molecule has 16 heavy (non-hydrogen) atoms. The molecular formula is C9H10N6S. The predicted molar refractivity (Wildman–Crippen MR) is 64.0 cm³/mol. The third-order valence-electron chi connectivity index (χ3n) is 2.10. The minimum absolute atomic E-state index is 0.353. The molecule has 0 aliphatic carbocycles. The molecule has 2 rings (SSSR count). The minimum atomic E-state index is 0.353. The van der Waals surface area contributed by atoms with Crippen LogP contribution < -0.4 is 5.73 Å². The Morgan fingerprint density at radius 3 is 3.19 bits per heavy atom. The monoisotopic (exact) mass is 234 g/mol. The third kappa shape index (κ3) is 2.16. The van der Waals surface area contributed by atoms with Crippen molar-refractivity contribution >= 4 is 17.2 Å². The summed E-state index contributed by atoms with van der Waals surface area (Å²) in [6.45, 7) is 0.853. The van der Waals surface area contributed by atoms with Crippen LogP contribution in [0.5, 0.6) is 0 Å². The summed E-state index contributed by atoms with van der Waals surface area (Å²) < 4.78 is 1.64. The van der Waals surface area contributed by atoms with Gasteiger partial charge in [-0.15, -0.1) is 0 Å². The van der Waals surface area contributed by atoms with Crippen molar-refractivity contribution in [2.75, 3.05) is 12.3 Å². The second-order valence-corrected chi connectivity index (χ2v) is 3.92. The Morgan fingerprint density at radius 2 is 2.50 bits per heavy atom. The lowest BCUT2D eigenvalue weighted by molar-refractivity contribution is 0.634. The zero-order chi connectivity index (χ0) is 11.4. The summed E-state index contributed by atoms with van der Waals surface area (Å²) in [5.41, 5.74) is 15.9. The molecule has 2 heterocycles. The van der Waals surface area contributed by atoms with E-state index in [2.05, 4.69) is 15.1 Å². The van der Waals surface area contributed by atoms with Gasteiger partial charge in [0.1, 0.15) is 5.82 Å². The highest BCUT2D eigenvalue weighted by Gasteiger charge is 2.06. The van der Waals surface area contributed by atoms with Crippen molar-refractivity contribution in [1.82, 2.24) is 9.78 Å². The fourth-order valence-corrected chi connectivity index (χ4v) is 2.00. The van der Waals surface area contributed by atoms with E-state index in [1.807, 2.05) is 22.9 Å². The Labute approximate surface area is 95.9 Å². The Morgan fingerprint density at radius 1 is 1.62 bits per heavy atom. The number of hydrogen-bond acceptors (Lipinski definition) is 4. The number of thiophene rings is 1. The molecule has 0 amide bonds. The van der Waals surface area contributed by atoms with Gasteiger partial charge in [0.25, 0.3) is 0 Å². The first-order valence-electron chi connectivity index (χ1n) is 4.68. The fraction of sp³-hybridized carbons (Fsp3) is 0.222. The summed E-state index contributed by atoms with van der Waals surface area (Å²) in [7, 11) is 0. The van der Waals surface area contributed by atoms with Crippen LogP contribution in [-0.2, 0) is 6.54 Å². The molecule has 0 radical (unpaired) electrons. The van der Waals surface area contributed by atoms with Crippen LogP contribution in [0.3, 0.4) is 0 Å². The van der Waals surface area contributed by atoms with E-state index in [4.69, 9.17) is 11.3 Å². The molecule has 0 unspecified atom stereocenters. The molecule has 6 nitrogen and oxygen atoms in total. The van der Waals surface area contributed by atoms with Gasteiger partial charge in [-0.1, -0.05) is 5.11 Å². The van der Waals surface area contributed by atoms with Gasteiger partial charge >= 0.3 is 0 Å². The van der Waals surface area contributed by atoms with Gasteiger partial charge in [-0.05, 0) is 17.0 Å². The Hall–Kier alpha value is -1.98. The number of aromatic nitrogens is 2. The first-order valence-corrected chi connectivity index (χ1v) is 5.62. The number of azide groups is 1. The number of rotatable bonds is 4. The van der Waals surface area contributed by atoms with Crippen LogP contribution in [0.1, 0.15) is 0 Å². The van der Waals surface area contributed by atoms with Crippen LogP contribution in [0.2, 0.25) is 0 Å². The van der Waals surface area contributed by atoms with E-state index in [-0.39, 0.29) is 0 Å². The second kappa shape index (κ2) is 4.69. The second-order valence-electron chi connectivity index (χ2n) is 3.14. The zero-order valence-corrected chi connectivity index (χ0v) is 9.26. The largest absolute Gasteiger partial charge is 0.384 e. The lowest BCUT2D eigenvalue weighted by Crippen LogP contribution is -2.06. The highest BCUT2D eigenvalue weighted by atomic mass is 32.1. The molecule has 0 fully saturated rings. The highest BCUT2D eigenvalue weighted by Crippen LogP contribution is 2.22. The van der Waals surface area contributed by atoms with E-state index in [1.165, 1.54) is 0 Å². The first-order chi connectivity index (χ1) is 7.81. The zero-order valence-electron chi connectivity index (χ0n) is 8.45. The fourth-order valence-electron chi connectivity index (χ4n) is 1.35. The molecule has 0 bridgehead atoms. The third-order valence-corrected chi connectivity index (χ3v) is 2.79. The molecule has 0 aromatic carbocycles. The quantitative estimate of drug-likeness (QED) is 0.500. The summed E-state index contributed by atoms with van der Waals surface area (Å²) in [5.74, 6) is 0.578. The molecule has 0 saturated heterocycles. The maximum Gasteiger partial charge on any atom is 0.122 e. The number of hydrogen-bond donors (Lipinski definition) is 1. The van der Waals surface area contributed by atoms with Crippen molar-refractivity contribution in [3.05, 3.63) is 33.3 Å². The minimum Gasteiger partial charge on any atom is -0.384 e. The number of nitrogen functional groups attached to an aromatic ring is 1. The van der Waals surface area contributed by atoms with Crippen molar-refractivity contribution in [3.63, 3.8) is 0 Å². The van der Waals surface area contributed by atoms with Gasteiger partial charge in [0.2, 0.25) is 0 Å². The Kier molecular flexibility index (Phi) is 3.09. The van der Waals surface area contributed by atoms with Crippen LogP contribution >= 0.6 is 11.3 Å². The van der Waals surface area contributed by atoms with E-state index in [1.54, 1.807) is 16.0 Å². The number of nitrogens with two attached hydrogens (primary N) is 1. The van der Waals surface area contributed by atoms with E-state index < -0.39 is 0 Å². The molecule has 2 aromatic heterocycles. The van der Waals surface area contributed by atoms with E-state index in [9.17, 15) is 0 Å². The van der Waals surface area contributed by atoms with Crippen LogP contribution in [0.4, 0.5) is 5.82 Å². The summed E-state index contributed by atoms with van der Waals surface area (Å²) in [6, 6.07) is 3.81. The predicted octanol–water partition coefficient (Wildman–Crippen LogP) is 2.50. The molecule has 2 aromatic rings. The Bertz CT molecular complexity index is 508. The smallest absolute Gasteiger partial charge is 0.122 e. The van der Waals surface area contributed by atoms with Crippen LogP contribution in [0.15, 0.2) is 28.0 Å². The van der Waals surface area contributed by atoms with Gasteiger partial charge in [-0.25, -0.2) is 4.68 Å².